The van der Waals surface area contributed by atoms with Crippen LogP contribution in [0.5, 0.6) is 5.75 Å². The first-order valence-corrected chi connectivity index (χ1v) is 7.88. The molecule has 0 saturated carbocycles. The first-order valence-electron chi connectivity index (χ1n) is 7.88. The number of methoxy groups -OCH3 is 1. The van der Waals surface area contributed by atoms with Gasteiger partial charge in [-0.05, 0) is 39.0 Å². The Labute approximate surface area is 149 Å². The summed E-state index contributed by atoms with van der Waals surface area (Å²) in [7, 11) is 1.29. The number of nitrogens with one attached hydrogen (secondary N) is 1. The molecule has 1 aromatic rings. The number of esters is 1. The van der Waals surface area contributed by atoms with Crippen LogP contribution in [0, 0.1) is 0 Å². The largest absolute Gasteiger partial charge is 0.497 e. The van der Waals surface area contributed by atoms with E-state index in [9.17, 15) is 18.0 Å². The Kier molecular flexibility index (Phi) is 5.79. The molecule has 0 radical (unpaired) electrons. The normalized spacial score (nSPS) is 17.5. The molecule has 142 valence electrons. The lowest BCUT2D eigenvalue weighted by molar-refractivity contribution is -0.141. The fourth-order valence-corrected chi connectivity index (χ4v) is 2.22. The Morgan fingerprint density at radius 2 is 2.04 bits per heavy atom. The zero-order valence-electron chi connectivity index (χ0n) is 14.8. The zero-order chi connectivity index (χ0) is 19.5. The van der Waals surface area contributed by atoms with Crippen molar-refractivity contribution in [2.45, 2.75) is 39.2 Å². The van der Waals surface area contributed by atoms with Crippen LogP contribution in [-0.4, -0.2) is 36.2 Å². The minimum absolute atomic E-state index is 0.0708. The second kappa shape index (κ2) is 7.67. The maximum absolute atomic E-state index is 13.0. The molecule has 2 rings (SSSR count). The third kappa shape index (κ3) is 4.90. The van der Waals surface area contributed by atoms with E-state index in [-0.39, 0.29) is 23.3 Å². The van der Waals surface area contributed by atoms with Crippen molar-refractivity contribution in [1.29, 1.82) is 0 Å². The molecular formula is C17H20F3N3O3. The van der Waals surface area contributed by atoms with Gasteiger partial charge < -0.3 is 9.47 Å². The van der Waals surface area contributed by atoms with Crippen molar-refractivity contribution in [3.8, 4) is 5.75 Å². The van der Waals surface area contributed by atoms with E-state index in [0.29, 0.717) is 0 Å². The molecule has 1 heterocycles. The third-order valence-electron chi connectivity index (χ3n) is 3.42. The maximum atomic E-state index is 13.0. The van der Waals surface area contributed by atoms with Gasteiger partial charge >= 0.3 is 12.1 Å². The summed E-state index contributed by atoms with van der Waals surface area (Å²) in [6.45, 7) is 5.18. The number of aliphatic imine (C=N–C) groups is 1. The number of carbonyl (C=O) groups is 1. The van der Waals surface area contributed by atoms with Gasteiger partial charge in [-0.2, -0.15) is 13.2 Å². The van der Waals surface area contributed by atoms with Crippen molar-refractivity contribution in [3.63, 3.8) is 0 Å². The molecule has 26 heavy (non-hydrogen) atoms. The van der Waals surface area contributed by atoms with E-state index in [1.165, 1.54) is 30.5 Å². The number of rotatable bonds is 5. The lowest BCUT2D eigenvalue weighted by atomic mass is 10.1. The molecule has 1 N–H and O–H groups in total. The lowest BCUT2D eigenvalue weighted by Crippen LogP contribution is -2.35. The van der Waals surface area contributed by atoms with Gasteiger partial charge in [-0.3, -0.25) is 10.4 Å². The number of carbonyl (C=O) groups excluding carboxylic acids is 1. The number of ether oxygens (including phenoxy) is 2. The molecule has 0 bridgehead atoms. The van der Waals surface area contributed by atoms with Gasteiger partial charge in [0.05, 0.1) is 18.8 Å². The summed E-state index contributed by atoms with van der Waals surface area (Å²) in [5, 5.41) is 1.49. The van der Waals surface area contributed by atoms with Crippen LogP contribution in [0.3, 0.4) is 0 Å². The second-order valence-electron chi connectivity index (χ2n) is 5.88. The lowest BCUT2D eigenvalue weighted by Gasteiger charge is -2.18. The number of hydrazine groups is 1. The predicted molar refractivity (Wildman–Crippen MR) is 89.3 cm³/mol. The smallest absolute Gasteiger partial charge is 0.416 e. The highest BCUT2D eigenvalue weighted by atomic mass is 19.4. The van der Waals surface area contributed by atoms with E-state index in [1.807, 2.05) is 0 Å². The minimum atomic E-state index is -4.51. The van der Waals surface area contributed by atoms with Crippen LogP contribution in [0.25, 0.3) is 0 Å². The van der Waals surface area contributed by atoms with E-state index in [4.69, 9.17) is 9.47 Å². The van der Waals surface area contributed by atoms with Crippen LogP contribution in [0.1, 0.15) is 31.9 Å². The summed E-state index contributed by atoms with van der Waals surface area (Å²) in [6.07, 6.45) is -2.53. The van der Waals surface area contributed by atoms with Gasteiger partial charge in [0.1, 0.15) is 17.8 Å². The quantitative estimate of drug-likeness (QED) is 0.637. The Balaban J connectivity index is 2.19. The molecule has 0 saturated heterocycles. The highest BCUT2D eigenvalue weighted by Gasteiger charge is 2.32. The van der Waals surface area contributed by atoms with E-state index in [1.54, 1.807) is 20.8 Å². The van der Waals surface area contributed by atoms with E-state index in [0.717, 1.165) is 12.1 Å². The highest BCUT2D eigenvalue weighted by Crippen LogP contribution is 2.33. The number of hydrogen-bond donors (Lipinski definition) is 1. The number of hydrogen-bond acceptors (Lipinski definition) is 6. The fourth-order valence-electron chi connectivity index (χ4n) is 2.22. The molecular weight excluding hydrogens is 351 g/mol. The van der Waals surface area contributed by atoms with Crippen LogP contribution in [-0.2, 0) is 15.7 Å². The average molecular weight is 371 g/mol. The van der Waals surface area contributed by atoms with Crippen molar-refractivity contribution in [2.75, 3.05) is 7.11 Å². The van der Waals surface area contributed by atoms with Crippen molar-refractivity contribution in [1.82, 2.24) is 10.4 Å². The molecule has 0 aromatic heterocycles. The topological polar surface area (TPSA) is 63.2 Å². The number of nitrogens with zero attached hydrogens (tertiary/aromatic N) is 2. The fraction of sp³-hybridized carbons (Fsp3) is 0.412. The van der Waals surface area contributed by atoms with Gasteiger partial charge in [0.2, 0.25) is 0 Å². The molecule has 1 aliphatic heterocycles. The summed E-state index contributed by atoms with van der Waals surface area (Å²) in [4.78, 5) is 15.8. The van der Waals surface area contributed by atoms with Gasteiger partial charge in [-0.25, -0.2) is 9.79 Å². The number of benzene rings is 1. The number of halogens is 3. The van der Waals surface area contributed by atoms with Gasteiger partial charge in [0, 0.05) is 17.8 Å². The molecule has 1 unspecified atom stereocenters. The van der Waals surface area contributed by atoms with Gasteiger partial charge in [-0.15, -0.1) is 0 Å². The Hall–Kier alpha value is -2.71. The van der Waals surface area contributed by atoms with Crippen molar-refractivity contribution >= 4 is 11.8 Å². The average Bonchev–Trinajstić information content (AvgIpc) is 2.92. The summed E-state index contributed by atoms with van der Waals surface area (Å²) in [5.41, 5.74) is 2.25. The van der Waals surface area contributed by atoms with Gasteiger partial charge in [0.25, 0.3) is 0 Å². The number of alkyl halides is 3. The Morgan fingerprint density at radius 1 is 1.35 bits per heavy atom. The molecule has 9 heteroatoms. The summed E-state index contributed by atoms with van der Waals surface area (Å²) >= 11 is 0. The maximum Gasteiger partial charge on any atom is 0.416 e. The van der Waals surface area contributed by atoms with Gasteiger partial charge in [-0.1, -0.05) is 0 Å². The standard InChI is InChI=1S/C17H20F3N3O3/c1-10(2)26-15(24)5-6-23-11(3)21-16(22-23)12-7-13(17(18,19)20)9-14(8-12)25-4/h5-11H,1-4H3,(H,21,22)/b6-5-. The summed E-state index contributed by atoms with van der Waals surface area (Å²) in [6, 6.07) is 3.36. The van der Waals surface area contributed by atoms with Crippen LogP contribution in [0.4, 0.5) is 13.2 Å². The molecule has 0 fully saturated rings. The first kappa shape index (κ1) is 19.6. The van der Waals surface area contributed by atoms with Crippen LogP contribution >= 0.6 is 0 Å². The third-order valence-corrected chi connectivity index (χ3v) is 3.42. The highest BCUT2D eigenvalue weighted by molar-refractivity contribution is 6.00. The second-order valence-corrected chi connectivity index (χ2v) is 5.88. The summed E-state index contributed by atoms with van der Waals surface area (Å²) in [5.74, 6) is -0.214. The molecule has 1 atom stereocenters. The predicted octanol–water partition coefficient (Wildman–Crippen LogP) is 3.09. The van der Waals surface area contributed by atoms with E-state index in [2.05, 4.69) is 10.4 Å². The molecule has 0 spiro atoms. The summed E-state index contributed by atoms with van der Waals surface area (Å²) < 4.78 is 49.1. The van der Waals surface area contributed by atoms with Crippen molar-refractivity contribution in [3.05, 3.63) is 41.6 Å². The van der Waals surface area contributed by atoms with Crippen molar-refractivity contribution < 1.29 is 27.4 Å². The van der Waals surface area contributed by atoms with Gasteiger partial charge in [0.15, 0.2) is 0 Å². The first-order chi connectivity index (χ1) is 12.1. The molecule has 1 aromatic carbocycles. The molecule has 0 amide bonds. The molecule has 6 nitrogen and oxygen atoms in total. The van der Waals surface area contributed by atoms with Crippen molar-refractivity contribution in [2.24, 2.45) is 4.99 Å². The Bertz CT molecular complexity index is 730. The van der Waals surface area contributed by atoms with Crippen LogP contribution in [0.15, 0.2) is 35.5 Å². The van der Waals surface area contributed by atoms with Crippen LogP contribution in [0.2, 0.25) is 0 Å². The monoisotopic (exact) mass is 371 g/mol. The van der Waals surface area contributed by atoms with E-state index >= 15 is 0 Å². The SMILES string of the molecule is COc1cc(C2=NC(C)N(/C=C\C(=O)OC(C)C)N2)cc(C(F)(F)F)c1. The zero-order valence-corrected chi connectivity index (χ0v) is 14.8. The Morgan fingerprint density at radius 3 is 2.62 bits per heavy atom. The minimum Gasteiger partial charge on any atom is -0.497 e. The van der Waals surface area contributed by atoms with Crippen LogP contribution < -0.4 is 10.2 Å². The molecule has 0 aliphatic carbocycles. The number of amidine groups is 1. The molecule has 1 aliphatic rings. The van der Waals surface area contributed by atoms with E-state index < -0.39 is 23.9 Å².